The summed E-state index contributed by atoms with van der Waals surface area (Å²) < 4.78 is 11.9. The van der Waals surface area contributed by atoms with Crippen molar-refractivity contribution in [2.75, 3.05) is 44.6 Å². The molecule has 0 radical (unpaired) electrons. The number of furan rings is 1. The van der Waals surface area contributed by atoms with Crippen LogP contribution in [-0.4, -0.2) is 65.9 Å². The molecule has 0 unspecified atom stereocenters. The Hall–Kier alpha value is -2.91. The number of thiazole rings is 1. The summed E-state index contributed by atoms with van der Waals surface area (Å²) in [5.74, 6) is 1.66. The summed E-state index contributed by atoms with van der Waals surface area (Å²) in [5.41, 5.74) is 0.832. The number of anilines is 1. The van der Waals surface area contributed by atoms with Gasteiger partial charge in [0.1, 0.15) is 11.5 Å². The van der Waals surface area contributed by atoms with Gasteiger partial charge in [-0.15, -0.1) is 0 Å². The summed E-state index contributed by atoms with van der Waals surface area (Å²) in [6, 6.07) is 9.19. The van der Waals surface area contributed by atoms with Crippen LogP contribution in [0.3, 0.4) is 0 Å². The second-order valence-corrected chi connectivity index (χ2v) is 8.14. The van der Waals surface area contributed by atoms with E-state index in [1.165, 1.54) is 11.3 Å². The smallest absolute Gasteiger partial charge is 0.289 e. The van der Waals surface area contributed by atoms with E-state index >= 15 is 0 Å². The fourth-order valence-corrected chi connectivity index (χ4v) is 4.30. The highest BCUT2D eigenvalue weighted by molar-refractivity contribution is 7.22. The first-order chi connectivity index (χ1) is 14.5. The molecule has 1 fully saturated rings. The summed E-state index contributed by atoms with van der Waals surface area (Å²) in [6.07, 6.45) is 0. The topological polar surface area (TPSA) is 87.9 Å². The first-order valence-electron chi connectivity index (χ1n) is 9.93. The number of hydrogen-bond donors (Lipinski definition) is 1. The number of aryl methyl sites for hydroxylation is 1. The van der Waals surface area contributed by atoms with E-state index in [4.69, 9.17) is 9.15 Å². The molecule has 1 saturated heterocycles. The summed E-state index contributed by atoms with van der Waals surface area (Å²) in [7, 11) is 0. The number of hydrogen-bond acceptors (Lipinski definition) is 7. The molecule has 3 aromatic rings. The zero-order valence-electron chi connectivity index (χ0n) is 17.0. The number of rotatable bonds is 6. The predicted octanol–water partition coefficient (Wildman–Crippen LogP) is 2.99. The van der Waals surface area contributed by atoms with Gasteiger partial charge in [0.05, 0.1) is 23.4 Å². The van der Waals surface area contributed by atoms with Crippen LogP contribution in [0.5, 0.6) is 5.75 Å². The van der Waals surface area contributed by atoms with Crippen molar-refractivity contribution in [1.29, 1.82) is 0 Å². The standard InChI is InChI=1S/C21H24N4O4S/c1-3-28-15-5-6-16-18(12-15)30-21(22-16)23-19(26)13-24-8-10-25(11-9-24)20(27)17-7-4-14(2)29-17/h4-7,12H,3,8-11,13H2,1-2H3,(H,22,23,26). The van der Waals surface area contributed by atoms with Gasteiger partial charge in [-0.05, 0) is 44.2 Å². The number of piperazine rings is 1. The number of carbonyl (C=O) groups is 2. The fraction of sp³-hybridized carbons (Fsp3) is 0.381. The minimum atomic E-state index is -0.111. The average molecular weight is 429 g/mol. The van der Waals surface area contributed by atoms with Crippen molar-refractivity contribution in [3.63, 3.8) is 0 Å². The van der Waals surface area contributed by atoms with E-state index in [1.807, 2.05) is 36.9 Å². The number of aromatic nitrogens is 1. The molecule has 1 aromatic carbocycles. The van der Waals surface area contributed by atoms with Crippen molar-refractivity contribution in [3.8, 4) is 5.75 Å². The summed E-state index contributed by atoms with van der Waals surface area (Å²) >= 11 is 1.43. The van der Waals surface area contributed by atoms with Gasteiger partial charge in [0.2, 0.25) is 5.91 Å². The summed E-state index contributed by atoms with van der Waals surface area (Å²) in [6.45, 7) is 7.02. The zero-order valence-corrected chi connectivity index (χ0v) is 17.8. The summed E-state index contributed by atoms with van der Waals surface area (Å²) in [4.78, 5) is 33.2. The van der Waals surface area contributed by atoms with Crippen LogP contribution in [0.4, 0.5) is 5.13 Å². The highest BCUT2D eigenvalue weighted by Gasteiger charge is 2.25. The lowest BCUT2D eigenvalue weighted by molar-refractivity contribution is -0.117. The molecule has 0 spiro atoms. The van der Waals surface area contributed by atoms with Crippen LogP contribution < -0.4 is 10.1 Å². The Kier molecular flexibility index (Phi) is 6.01. The van der Waals surface area contributed by atoms with E-state index in [2.05, 4.69) is 10.3 Å². The predicted molar refractivity (Wildman–Crippen MR) is 115 cm³/mol. The number of carbonyl (C=O) groups excluding carboxylic acids is 2. The molecule has 2 amide bonds. The third kappa shape index (κ3) is 4.63. The van der Waals surface area contributed by atoms with E-state index in [0.29, 0.717) is 43.7 Å². The Morgan fingerprint density at radius 3 is 2.70 bits per heavy atom. The van der Waals surface area contributed by atoms with Gasteiger partial charge in [0, 0.05) is 26.2 Å². The van der Waals surface area contributed by atoms with Gasteiger partial charge >= 0.3 is 0 Å². The first kappa shape index (κ1) is 20.4. The van der Waals surface area contributed by atoms with Crippen LogP contribution in [0.25, 0.3) is 10.2 Å². The van der Waals surface area contributed by atoms with E-state index in [1.54, 1.807) is 17.0 Å². The fourth-order valence-electron chi connectivity index (χ4n) is 3.39. The molecule has 4 rings (SSSR count). The van der Waals surface area contributed by atoms with Gasteiger partial charge in [0.25, 0.3) is 5.91 Å². The van der Waals surface area contributed by atoms with Crippen LogP contribution in [0.2, 0.25) is 0 Å². The Morgan fingerprint density at radius 2 is 2.00 bits per heavy atom. The molecule has 0 bridgehead atoms. The highest BCUT2D eigenvalue weighted by Crippen LogP contribution is 2.29. The maximum atomic E-state index is 12.5. The normalized spacial score (nSPS) is 14.8. The molecular weight excluding hydrogens is 404 g/mol. The van der Waals surface area contributed by atoms with Gasteiger partial charge in [-0.2, -0.15) is 0 Å². The minimum Gasteiger partial charge on any atom is -0.494 e. The molecule has 1 aliphatic heterocycles. The Balaban J connectivity index is 1.29. The molecule has 3 heterocycles. The molecule has 2 aromatic heterocycles. The minimum absolute atomic E-state index is 0.104. The maximum Gasteiger partial charge on any atom is 0.289 e. The summed E-state index contributed by atoms with van der Waals surface area (Å²) in [5, 5.41) is 3.46. The lowest BCUT2D eigenvalue weighted by Crippen LogP contribution is -2.50. The molecule has 9 heteroatoms. The van der Waals surface area contributed by atoms with E-state index in [0.717, 1.165) is 21.7 Å². The van der Waals surface area contributed by atoms with E-state index < -0.39 is 0 Å². The SMILES string of the molecule is CCOc1ccc2nc(NC(=O)CN3CCN(C(=O)c4ccc(C)o4)CC3)sc2c1. The van der Waals surface area contributed by atoms with Crippen molar-refractivity contribution in [2.45, 2.75) is 13.8 Å². The second kappa shape index (κ2) is 8.85. The molecule has 1 N–H and O–H groups in total. The van der Waals surface area contributed by atoms with Crippen molar-refractivity contribution < 1.29 is 18.7 Å². The molecule has 0 saturated carbocycles. The van der Waals surface area contributed by atoms with Gasteiger partial charge in [-0.3, -0.25) is 14.5 Å². The third-order valence-corrected chi connectivity index (χ3v) is 5.83. The van der Waals surface area contributed by atoms with Gasteiger partial charge < -0.3 is 19.4 Å². The molecular formula is C21H24N4O4S. The van der Waals surface area contributed by atoms with Crippen molar-refractivity contribution in [1.82, 2.24) is 14.8 Å². The quantitative estimate of drug-likeness (QED) is 0.649. The Labute approximate surface area is 178 Å². The molecule has 0 atom stereocenters. The van der Waals surface area contributed by atoms with Gasteiger partial charge in [0.15, 0.2) is 10.9 Å². The number of fused-ring (bicyclic) bond motifs is 1. The second-order valence-electron chi connectivity index (χ2n) is 7.11. The average Bonchev–Trinajstić information content (AvgIpc) is 3.33. The van der Waals surface area contributed by atoms with Crippen LogP contribution in [0, 0.1) is 6.92 Å². The lowest BCUT2D eigenvalue weighted by Gasteiger charge is -2.33. The highest BCUT2D eigenvalue weighted by atomic mass is 32.1. The number of amides is 2. The van der Waals surface area contributed by atoms with Crippen LogP contribution >= 0.6 is 11.3 Å². The number of nitrogens with one attached hydrogen (secondary N) is 1. The molecule has 30 heavy (non-hydrogen) atoms. The van der Waals surface area contributed by atoms with E-state index in [9.17, 15) is 9.59 Å². The Morgan fingerprint density at radius 1 is 1.20 bits per heavy atom. The third-order valence-electron chi connectivity index (χ3n) is 4.90. The van der Waals surface area contributed by atoms with Crippen molar-refractivity contribution in [2.24, 2.45) is 0 Å². The van der Waals surface area contributed by atoms with Crippen molar-refractivity contribution in [3.05, 3.63) is 41.9 Å². The first-order valence-corrected chi connectivity index (χ1v) is 10.7. The van der Waals surface area contributed by atoms with Crippen LogP contribution in [0.15, 0.2) is 34.7 Å². The maximum absolute atomic E-state index is 12.5. The number of ether oxygens (including phenoxy) is 1. The van der Waals surface area contributed by atoms with Gasteiger partial charge in [-0.25, -0.2) is 4.98 Å². The number of benzene rings is 1. The molecule has 0 aliphatic carbocycles. The van der Waals surface area contributed by atoms with E-state index in [-0.39, 0.29) is 18.4 Å². The number of nitrogens with zero attached hydrogens (tertiary/aromatic N) is 3. The largest absolute Gasteiger partial charge is 0.494 e. The van der Waals surface area contributed by atoms with Crippen LogP contribution in [-0.2, 0) is 4.79 Å². The Bertz CT molecular complexity index is 1050. The lowest BCUT2D eigenvalue weighted by atomic mass is 10.3. The van der Waals surface area contributed by atoms with Crippen LogP contribution in [0.1, 0.15) is 23.2 Å². The molecule has 1 aliphatic rings. The zero-order chi connectivity index (χ0) is 21.1. The monoisotopic (exact) mass is 428 g/mol. The van der Waals surface area contributed by atoms with Crippen molar-refractivity contribution >= 4 is 38.5 Å². The molecule has 8 nitrogen and oxygen atoms in total. The molecule has 158 valence electrons. The van der Waals surface area contributed by atoms with Gasteiger partial charge in [-0.1, -0.05) is 11.3 Å².